The molecule has 0 saturated carbocycles. The number of ether oxygens (including phenoxy) is 3. The van der Waals surface area contributed by atoms with Crippen LogP contribution >= 0.6 is 0 Å². The Bertz CT molecular complexity index is 1310. The lowest BCUT2D eigenvalue weighted by atomic mass is 10.0. The summed E-state index contributed by atoms with van der Waals surface area (Å²) < 4.78 is 30.5. The molecule has 5 nitrogen and oxygen atoms in total. The van der Waals surface area contributed by atoms with Crippen LogP contribution in [0.25, 0.3) is 0 Å². The van der Waals surface area contributed by atoms with Crippen LogP contribution in [0.5, 0.6) is 11.5 Å². The summed E-state index contributed by atoms with van der Waals surface area (Å²) in [5.74, 6) is 5.14. The first-order chi connectivity index (χ1) is 18.9. The van der Waals surface area contributed by atoms with E-state index in [1.54, 1.807) is 30.3 Å². The molecule has 0 bridgehead atoms. The molecule has 0 N–H and O–H groups in total. The van der Waals surface area contributed by atoms with Crippen molar-refractivity contribution in [3.8, 4) is 23.3 Å². The fourth-order valence-electron chi connectivity index (χ4n) is 3.58. The molecule has 0 aromatic heterocycles. The van der Waals surface area contributed by atoms with Crippen LogP contribution in [-0.4, -0.2) is 25.2 Å². The molecule has 0 atom stereocenters. The highest BCUT2D eigenvalue weighted by Gasteiger charge is 2.12. The number of carbonyl (C=O) groups is 2. The number of unbranched alkanes of at least 4 members (excludes halogenated alkanes) is 3. The van der Waals surface area contributed by atoms with E-state index in [0.29, 0.717) is 30.4 Å². The molecular formula is C33H33FO5. The van der Waals surface area contributed by atoms with E-state index in [-0.39, 0.29) is 11.3 Å². The molecule has 3 rings (SSSR count). The molecular weight excluding hydrogens is 495 g/mol. The summed E-state index contributed by atoms with van der Waals surface area (Å²) in [6, 6.07) is 18.7. The van der Waals surface area contributed by atoms with E-state index >= 15 is 0 Å². The minimum atomic E-state index is -0.665. The Balaban J connectivity index is 1.44. The van der Waals surface area contributed by atoms with Crippen LogP contribution < -0.4 is 9.47 Å². The predicted molar refractivity (Wildman–Crippen MR) is 149 cm³/mol. The van der Waals surface area contributed by atoms with Crippen LogP contribution in [0.3, 0.4) is 0 Å². The van der Waals surface area contributed by atoms with Crippen molar-refractivity contribution in [1.82, 2.24) is 0 Å². The fraction of sp³-hybridized carbons (Fsp3) is 0.273. The molecule has 6 heteroatoms. The molecule has 0 fully saturated rings. The predicted octanol–water partition coefficient (Wildman–Crippen LogP) is 7.24. The van der Waals surface area contributed by atoms with Gasteiger partial charge in [-0.3, -0.25) is 0 Å². The standard InChI is InChI=1S/C33H33FO5/c1-4-32(35)38-22-8-6-5-7-21-37-29-18-16-28(17-19-29)33(36)39-31-20-13-26(23-30(31)34)10-9-25-11-14-27(15-12-25)24(2)3/h4,11-20,23-24H,1,5-8,21-22H2,2-3H3. The Kier molecular flexibility index (Phi) is 11.3. The second kappa shape index (κ2) is 15.1. The first-order valence-corrected chi connectivity index (χ1v) is 13.0. The Hall–Kier alpha value is -4.37. The Morgan fingerprint density at radius 1 is 0.872 bits per heavy atom. The number of carbonyl (C=O) groups excluding carboxylic acids is 2. The largest absolute Gasteiger partial charge is 0.494 e. The van der Waals surface area contributed by atoms with Crippen molar-refractivity contribution < 1.29 is 28.2 Å². The normalized spacial score (nSPS) is 10.4. The van der Waals surface area contributed by atoms with Crippen LogP contribution in [0, 0.1) is 17.7 Å². The van der Waals surface area contributed by atoms with Gasteiger partial charge in [0, 0.05) is 17.2 Å². The van der Waals surface area contributed by atoms with Crippen molar-refractivity contribution in [3.63, 3.8) is 0 Å². The molecule has 0 spiro atoms. The summed E-state index contributed by atoms with van der Waals surface area (Å²) in [5.41, 5.74) is 2.84. The number of rotatable bonds is 12. The molecule has 0 heterocycles. The summed E-state index contributed by atoms with van der Waals surface area (Å²) in [4.78, 5) is 23.5. The molecule has 0 aliphatic rings. The van der Waals surface area contributed by atoms with Crippen LogP contribution in [0.1, 0.15) is 72.5 Å². The van der Waals surface area contributed by atoms with Gasteiger partial charge in [-0.25, -0.2) is 14.0 Å². The van der Waals surface area contributed by atoms with Crippen LogP contribution in [-0.2, 0) is 9.53 Å². The molecule has 0 saturated heterocycles. The minimum Gasteiger partial charge on any atom is -0.494 e. The summed E-state index contributed by atoms with van der Waals surface area (Å²) in [7, 11) is 0. The summed E-state index contributed by atoms with van der Waals surface area (Å²) >= 11 is 0. The topological polar surface area (TPSA) is 61.8 Å². The molecule has 0 aliphatic heterocycles. The van der Waals surface area contributed by atoms with Gasteiger partial charge in [0.2, 0.25) is 0 Å². The van der Waals surface area contributed by atoms with Crippen molar-refractivity contribution in [2.45, 2.75) is 45.4 Å². The molecule has 3 aromatic carbocycles. The third-order valence-corrected chi connectivity index (χ3v) is 5.87. The number of hydrogen-bond donors (Lipinski definition) is 0. The second-order valence-electron chi connectivity index (χ2n) is 9.22. The van der Waals surface area contributed by atoms with E-state index in [9.17, 15) is 14.0 Å². The highest BCUT2D eigenvalue weighted by atomic mass is 19.1. The van der Waals surface area contributed by atoms with Gasteiger partial charge < -0.3 is 14.2 Å². The molecule has 0 radical (unpaired) electrons. The molecule has 3 aromatic rings. The first kappa shape index (κ1) is 29.2. The van der Waals surface area contributed by atoms with Gasteiger partial charge in [0.1, 0.15) is 5.75 Å². The van der Waals surface area contributed by atoms with E-state index in [1.165, 1.54) is 17.7 Å². The van der Waals surface area contributed by atoms with Crippen LogP contribution in [0.15, 0.2) is 79.4 Å². The maximum absolute atomic E-state index is 14.6. The van der Waals surface area contributed by atoms with Gasteiger partial charge in [-0.05, 0) is 91.8 Å². The second-order valence-corrected chi connectivity index (χ2v) is 9.22. The average Bonchev–Trinajstić information content (AvgIpc) is 2.94. The Labute approximate surface area is 229 Å². The maximum atomic E-state index is 14.6. The van der Waals surface area contributed by atoms with E-state index in [0.717, 1.165) is 37.3 Å². The van der Waals surface area contributed by atoms with E-state index in [4.69, 9.17) is 14.2 Å². The Morgan fingerprint density at radius 2 is 1.51 bits per heavy atom. The van der Waals surface area contributed by atoms with Gasteiger partial charge in [-0.15, -0.1) is 0 Å². The van der Waals surface area contributed by atoms with E-state index in [2.05, 4.69) is 32.3 Å². The first-order valence-electron chi connectivity index (χ1n) is 13.0. The molecule has 202 valence electrons. The van der Waals surface area contributed by atoms with E-state index < -0.39 is 17.8 Å². The smallest absolute Gasteiger partial charge is 0.343 e. The molecule has 0 aliphatic carbocycles. The van der Waals surface area contributed by atoms with Gasteiger partial charge in [-0.2, -0.15) is 0 Å². The number of halogens is 1. The maximum Gasteiger partial charge on any atom is 0.343 e. The molecule has 39 heavy (non-hydrogen) atoms. The van der Waals surface area contributed by atoms with Crippen LogP contribution in [0.2, 0.25) is 0 Å². The van der Waals surface area contributed by atoms with Crippen molar-refractivity contribution in [1.29, 1.82) is 0 Å². The van der Waals surface area contributed by atoms with Gasteiger partial charge in [0.15, 0.2) is 11.6 Å². The van der Waals surface area contributed by atoms with Gasteiger partial charge >= 0.3 is 11.9 Å². The van der Waals surface area contributed by atoms with Crippen molar-refractivity contribution >= 4 is 11.9 Å². The monoisotopic (exact) mass is 528 g/mol. The highest BCUT2D eigenvalue weighted by molar-refractivity contribution is 5.91. The quantitative estimate of drug-likeness (QED) is 0.0816. The summed E-state index contributed by atoms with van der Waals surface area (Å²) in [6.45, 7) is 8.52. The average molecular weight is 529 g/mol. The molecule has 0 unspecified atom stereocenters. The SMILES string of the molecule is C=CC(=O)OCCCCCCOc1ccc(C(=O)Oc2ccc(C#Cc3ccc(C(C)C)cc3)cc2F)cc1. The third kappa shape index (κ3) is 9.79. The van der Waals surface area contributed by atoms with Crippen LogP contribution in [0.4, 0.5) is 4.39 Å². The Morgan fingerprint density at radius 3 is 2.15 bits per heavy atom. The number of benzene rings is 3. The number of hydrogen-bond acceptors (Lipinski definition) is 5. The van der Waals surface area contributed by atoms with Gasteiger partial charge in [-0.1, -0.05) is 44.4 Å². The van der Waals surface area contributed by atoms with Crippen molar-refractivity contribution in [2.24, 2.45) is 0 Å². The highest BCUT2D eigenvalue weighted by Crippen LogP contribution is 2.21. The number of esters is 2. The lowest BCUT2D eigenvalue weighted by molar-refractivity contribution is -0.137. The minimum absolute atomic E-state index is 0.161. The van der Waals surface area contributed by atoms with Crippen molar-refractivity contribution in [2.75, 3.05) is 13.2 Å². The van der Waals surface area contributed by atoms with E-state index in [1.807, 2.05) is 24.3 Å². The summed E-state index contributed by atoms with van der Waals surface area (Å²) in [5, 5.41) is 0. The lowest BCUT2D eigenvalue weighted by Crippen LogP contribution is -2.09. The zero-order chi connectivity index (χ0) is 28.0. The van der Waals surface area contributed by atoms with Gasteiger partial charge in [0.05, 0.1) is 18.8 Å². The third-order valence-electron chi connectivity index (χ3n) is 5.87. The van der Waals surface area contributed by atoms with Crippen molar-refractivity contribution in [3.05, 3.63) is 107 Å². The zero-order valence-electron chi connectivity index (χ0n) is 22.4. The zero-order valence-corrected chi connectivity index (χ0v) is 22.4. The van der Waals surface area contributed by atoms with Gasteiger partial charge in [0.25, 0.3) is 0 Å². The summed E-state index contributed by atoms with van der Waals surface area (Å²) in [6.07, 6.45) is 4.66. The fourth-order valence-corrected chi connectivity index (χ4v) is 3.58. The lowest BCUT2D eigenvalue weighted by Gasteiger charge is -2.08. The molecule has 0 amide bonds.